The van der Waals surface area contributed by atoms with E-state index in [1.807, 2.05) is 38.1 Å². The second-order valence-corrected chi connectivity index (χ2v) is 6.21. The van der Waals surface area contributed by atoms with Gasteiger partial charge in [0.1, 0.15) is 5.75 Å². The standard InChI is InChI=1S/C17H26N2O2/c1-13-5-3-6-15(11-13)21-10-4-7-16(20)19-17(2,12-18)14-8-9-14/h3,5-6,11,14H,4,7-10,12,18H2,1-2H3,(H,19,20). The van der Waals surface area contributed by atoms with Crippen molar-refractivity contribution in [1.82, 2.24) is 5.32 Å². The van der Waals surface area contributed by atoms with Crippen LogP contribution in [0.5, 0.6) is 5.75 Å². The van der Waals surface area contributed by atoms with E-state index in [9.17, 15) is 4.79 Å². The van der Waals surface area contributed by atoms with Crippen LogP contribution >= 0.6 is 0 Å². The summed E-state index contributed by atoms with van der Waals surface area (Å²) in [7, 11) is 0. The summed E-state index contributed by atoms with van der Waals surface area (Å²) in [6, 6.07) is 7.94. The minimum Gasteiger partial charge on any atom is -0.494 e. The van der Waals surface area contributed by atoms with Gasteiger partial charge in [-0.05, 0) is 56.7 Å². The normalized spacial score (nSPS) is 17.1. The molecular formula is C17H26N2O2. The molecule has 1 atom stereocenters. The fraction of sp³-hybridized carbons (Fsp3) is 0.588. The summed E-state index contributed by atoms with van der Waals surface area (Å²) in [4.78, 5) is 12.0. The molecule has 1 amide bonds. The Labute approximate surface area is 127 Å². The van der Waals surface area contributed by atoms with Crippen LogP contribution in [0.2, 0.25) is 0 Å². The molecule has 1 aliphatic carbocycles. The van der Waals surface area contributed by atoms with E-state index in [2.05, 4.69) is 5.32 Å². The summed E-state index contributed by atoms with van der Waals surface area (Å²) in [6.07, 6.45) is 3.54. The van der Waals surface area contributed by atoms with Crippen molar-refractivity contribution >= 4 is 5.91 Å². The summed E-state index contributed by atoms with van der Waals surface area (Å²) in [5.74, 6) is 1.48. The van der Waals surface area contributed by atoms with Gasteiger partial charge in [0.15, 0.2) is 0 Å². The zero-order valence-electron chi connectivity index (χ0n) is 13.0. The average molecular weight is 290 g/mol. The van der Waals surface area contributed by atoms with Crippen molar-refractivity contribution in [3.05, 3.63) is 29.8 Å². The highest BCUT2D eigenvalue weighted by Crippen LogP contribution is 2.38. The number of benzene rings is 1. The van der Waals surface area contributed by atoms with E-state index >= 15 is 0 Å². The lowest BCUT2D eigenvalue weighted by atomic mass is 9.95. The first kappa shape index (κ1) is 15.8. The smallest absolute Gasteiger partial charge is 0.220 e. The molecule has 2 rings (SSSR count). The first-order valence-electron chi connectivity index (χ1n) is 7.74. The third kappa shape index (κ3) is 4.74. The molecule has 4 nitrogen and oxygen atoms in total. The van der Waals surface area contributed by atoms with Crippen LogP contribution in [0, 0.1) is 12.8 Å². The van der Waals surface area contributed by atoms with Crippen molar-refractivity contribution < 1.29 is 9.53 Å². The van der Waals surface area contributed by atoms with Gasteiger partial charge in [0.25, 0.3) is 0 Å². The molecule has 0 saturated heterocycles. The van der Waals surface area contributed by atoms with Gasteiger partial charge >= 0.3 is 0 Å². The van der Waals surface area contributed by atoms with Crippen LogP contribution in [0.15, 0.2) is 24.3 Å². The Balaban J connectivity index is 1.67. The van der Waals surface area contributed by atoms with E-state index in [-0.39, 0.29) is 11.4 Å². The number of aryl methyl sites for hydroxylation is 1. The van der Waals surface area contributed by atoms with Crippen molar-refractivity contribution in [2.24, 2.45) is 11.7 Å². The first-order valence-corrected chi connectivity index (χ1v) is 7.74. The molecule has 0 bridgehead atoms. The van der Waals surface area contributed by atoms with Crippen molar-refractivity contribution in [1.29, 1.82) is 0 Å². The van der Waals surface area contributed by atoms with Crippen LogP contribution in [-0.2, 0) is 4.79 Å². The second kappa shape index (κ2) is 6.94. The van der Waals surface area contributed by atoms with Crippen molar-refractivity contribution in [2.45, 2.75) is 45.1 Å². The second-order valence-electron chi connectivity index (χ2n) is 6.21. The largest absolute Gasteiger partial charge is 0.494 e. The van der Waals surface area contributed by atoms with Gasteiger partial charge in [-0.25, -0.2) is 0 Å². The lowest BCUT2D eigenvalue weighted by Crippen LogP contribution is -2.53. The number of hydrogen-bond donors (Lipinski definition) is 2. The third-order valence-corrected chi connectivity index (χ3v) is 4.13. The molecule has 0 heterocycles. The predicted octanol–water partition coefficient (Wildman–Crippen LogP) is 2.40. The number of rotatable bonds is 8. The molecule has 0 spiro atoms. The predicted molar refractivity (Wildman–Crippen MR) is 84.2 cm³/mol. The third-order valence-electron chi connectivity index (χ3n) is 4.13. The Morgan fingerprint density at radius 1 is 1.48 bits per heavy atom. The van der Waals surface area contributed by atoms with E-state index in [4.69, 9.17) is 10.5 Å². The lowest BCUT2D eigenvalue weighted by Gasteiger charge is -2.29. The summed E-state index contributed by atoms with van der Waals surface area (Å²) in [5.41, 5.74) is 6.75. The highest BCUT2D eigenvalue weighted by Gasteiger charge is 2.41. The molecule has 0 aliphatic heterocycles. The van der Waals surface area contributed by atoms with Crippen LogP contribution in [0.1, 0.15) is 38.2 Å². The van der Waals surface area contributed by atoms with E-state index in [1.54, 1.807) is 0 Å². The van der Waals surface area contributed by atoms with Crippen molar-refractivity contribution in [2.75, 3.05) is 13.2 Å². The van der Waals surface area contributed by atoms with Crippen molar-refractivity contribution in [3.8, 4) is 5.75 Å². The fourth-order valence-corrected chi connectivity index (χ4v) is 2.55. The number of carbonyl (C=O) groups excluding carboxylic acids is 1. The van der Waals surface area contributed by atoms with Gasteiger partial charge in [-0.1, -0.05) is 12.1 Å². The van der Waals surface area contributed by atoms with Gasteiger partial charge in [0.2, 0.25) is 5.91 Å². The number of hydrogen-bond acceptors (Lipinski definition) is 3. The van der Waals surface area contributed by atoms with Crippen LogP contribution < -0.4 is 15.8 Å². The Kier molecular flexibility index (Phi) is 5.23. The van der Waals surface area contributed by atoms with Crippen LogP contribution in [0.4, 0.5) is 0 Å². The van der Waals surface area contributed by atoms with E-state index < -0.39 is 0 Å². The number of nitrogens with two attached hydrogens (primary N) is 1. The Hall–Kier alpha value is -1.55. The molecule has 1 aromatic rings. The van der Waals surface area contributed by atoms with E-state index in [0.29, 0.717) is 31.9 Å². The molecule has 1 aromatic carbocycles. The number of ether oxygens (including phenoxy) is 1. The molecule has 21 heavy (non-hydrogen) atoms. The van der Waals surface area contributed by atoms with Gasteiger partial charge in [0, 0.05) is 13.0 Å². The molecular weight excluding hydrogens is 264 g/mol. The van der Waals surface area contributed by atoms with E-state index in [0.717, 1.165) is 5.75 Å². The average Bonchev–Trinajstić information content (AvgIpc) is 3.28. The van der Waals surface area contributed by atoms with Gasteiger partial charge < -0.3 is 15.8 Å². The zero-order chi connectivity index (χ0) is 15.3. The van der Waals surface area contributed by atoms with Gasteiger partial charge in [-0.3, -0.25) is 4.79 Å². The molecule has 1 saturated carbocycles. The highest BCUT2D eigenvalue weighted by molar-refractivity contribution is 5.76. The summed E-state index contributed by atoms with van der Waals surface area (Å²) in [6.45, 7) is 5.14. The van der Waals surface area contributed by atoms with E-state index in [1.165, 1.54) is 18.4 Å². The Morgan fingerprint density at radius 2 is 2.24 bits per heavy atom. The molecule has 1 aliphatic rings. The molecule has 3 N–H and O–H groups in total. The van der Waals surface area contributed by atoms with Crippen LogP contribution in [-0.4, -0.2) is 24.6 Å². The summed E-state index contributed by atoms with van der Waals surface area (Å²) in [5, 5.41) is 3.09. The maximum Gasteiger partial charge on any atom is 0.220 e. The van der Waals surface area contributed by atoms with Gasteiger partial charge in [0.05, 0.1) is 12.1 Å². The monoisotopic (exact) mass is 290 g/mol. The topological polar surface area (TPSA) is 64.3 Å². The fourth-order valence-electron chi connectivity index (χ4n) is 2.55. The van der Waals surface area contributed by atoms with Crippen LogP contribution in [0.3, 0.4) is 0 Å². The Morgan fingerprint density at radius 3 is 2.86 bits per heavy atom. The molecule has 1 fully saturated rings. The molecule has 116 valence electrons. The van der Waals surface area contributed by atoms with Gasteiger partial charge in [-0.15, -0.1) is 0 Å². The zero-order valence-corrected chi connectivity index (χ0v) is 13.0. The van der Waals surface area contributed by atoms with Gasteiger partial charge in [-0.2, -0.15) is 0 Å². The molecule has 0 aromatic heterocycles. The summed E-state index contributed by atoms with van der Waals surface area (Å²) < 4.78 is 5.65. The number of carbonyl (C=O) groups is 1. The quantitative estimate of drug-likeness (QED) is 0.723. The maximum atomic E-state index is 12.0. The first-order chi connectivity index (χ1) is 10.0. The SMILES string of the molecule is Cc1cccc(OCCCC(=O)NC(C)(CN)C2CC2)c1. The van der Waals surface area contributed by atoms with Crippen molar-refractivity contribution in [3.63, 3.8) is 0 Å². The number of amides is 1. The molecule has 0 radical (unpaired) electrons. The minimum atomic E-state index is -0.228. The highest BCUT2D eigenvalue weighted by atomic mass is 16.5. The lowest BCUT2D eigenvalue weighted by molar-refractivity contribution is -0.123. The maximum absolute atomic E-state index is 12.0. The minimum absolute atomic E-state index is 0.0719. The summed E-state index contributed by atoms with van der Waals surface area (Å²) >= 11 is 0. The molecule has 1 unspecified atom stereocenters. The Bertz CT molecular complexity index is 485. The molecule has 4 heteroatoms. The van der Waals surface area contributed by atoms with Crippen LogP contribution in [0.25, 0.3) is 0 Å². The number of nitrogens with one attached hydrogen (secondary N) is 1.